The average molecular weight is 358 g/mol. The lowest BCUT2D eigenvalue weighted by molar-refractivity contribution is -0.159. The van der Waals surface area contributed by atoms with E-state index in [0.29, 0.717) is 18.4 Å². The highest BCUT2D eigenvalue weighted by Gasteiger charge is 2.46. The van der Waals surface area contributed by atoms with Crippen LogP contribution in [-0.2, 0) is 16.1 Å². The van der Waals surface area contributed by atoms with Crippen LogP contribution in [0, 0.1) is 11.2 Å². The van der Waals surface area contributed by atoms with Gasteiger partial charge in [-0.15, -0.1) is 0 Å². The summed E-state index contributed by atoms with van der Waals surface area (Å²) in [6.07, 6.45) is 1.89. The number of carbonyl (C=O) groups excluding carboxylic acids is 1. The van der Waals surface area contributed by atoms with Crippen LogP contribution in [0.5, 0.6) is 0 Å². The number of aliphatic carboxylic acids is 1. The molecule has 0 unspecified atom stereocenters. The molecular formula is C15H17BrFNO3. The summed E-state index contributed by atoms with van der Waals surface area (Å²) in [5.74, 6) is -1.56. The lowest BCUT2D eigenvalue weighted by Crippen LogP contribution is -2.42. The zero-order valence-electron chi connectivity index (χ0n) is 11.7. The molecule has 2 rings (SSSR count). The van der Waals surface area contributed by atoms with Crippen LogP contribution < -0.4 is 0 Å². The van der Waals surface area contributed by atoms with Crippen molar-refractivity contribution in [2.24, 2.45) is 5.41 Å². The maximum absolute atomic E-state index is 13.7. The zero-order valence-corrected chi connectivity index (χ0v) is 13.3. The Bertz CT molecular complexity index is 572. The summed E-state index contributed by atoms with van der Waals surface area (Å²) >= 11 is 3.26. The first-order valence-corrected chi connectivity index (χ1v) is 7.55. The molecule has 1 aliphatic rings. The summed E-state index contributed by atoms with van der Waals surface area (Å²) in [4.78, 5) is 24.8. The molecule has 0 spiro atoms. The molecule has 1 aromatic rings. The lowest BCUT2D eigenvalue weighted by Gasteiger charge is -2.38. The number of hydrogen-bond donors (Lipinski definition) is 1. The Labute approximate surface area is 131 Å². The molecule has 0 radical (unpaired) electrons. The predicted octanol–water partition coefficient (Wildman–Crippen LogP) is 3.19. The first-order chi connectivity index (χ1) is 9.84. The fourth-order valence-electron chi connectivity index (χ4n) is 2.50. The second-order valence-corrected chi connectivity index (χ2v) is 6.52. The molecule has 0 saturated heterocycles. The van der Waals surface area contributed by atoms with Gasteiger partial charge in [-0.1, -0.05) is 22.4 Å². The molecule has 1 saturated carbocycles. The SMILES string of the molecule is CN(Cc1cc(Br)ccc1F)C(=O)CC1(C(=O)O)CCC1. The molecule has 1 aliphatic carbocycles. The van der Waals surface area contributed by atoms with E-state index >= 15 is 0 Å². The number of halogens is 2. The highest BCUT2D eigenvalue weighted by molar-refractivity contribution is 9.10. The van der Waals surface area contributed by atoms with E-state index in [1.165, 1.54) is 11.0 Å². The predicted molar refractivity (Wildman–Crippen MR) is 79.1 cm³/mol. The minimum absolute atomic E-state index is 0.0194. The van der Waals surface area contributed by atoms with Gasteiger partial charge in [0.1, 0.15) is 5.82 Å². The third-order valence-corrected chi connectivity index (χ3v) is 4.59. The van der Waals surface area contributed by atoms with E-state index < -0.39 is 11.4 Å². The fraction of sp³-hybridized carbons (Fsp3) is 0.467. The molecule has 6 heteroatoms. The van der Waals surface area contributed by atoms with Gasteiger partial charge in [0.05, 0.1) is 5.41 Å². The Kier molecular flexibility index (Phi) is 4.66. The van der Waals surface area contributed by atoms with Crippen molar-refractivity contribution in [3.8, 4) is 0 Å². The molecule has 1 fully saturated rings. The normalized spacial score (nSPS) is 16.1. The second kappa shape index (κ2) is 6.13. The summed E-state index contributed by atoms with van der Waals surface area (Å²) in [5.41, 5.74) is -0.514. The minimum atomic E-state index is -0.916. The van der Waals surface area contributed by atoms with Crippen molar-refractivity contribution in [2.45, 2.75) is 32.2 Å². The highest BCUT2D eigenvalue weighted by Crippen LogP contribution is 2.44. The van der Waals surface area contributed by atoms with Gasteiger partial charge in [0.2, 0.25) is 5.91 Å². The van der Waals surface area contributed by atoms with Gasteiger partial charge in [-0.05, 0) is 31.0 Å². The van der Waals surface area contributed by atoms with Gasteiger partial charge in [-0.2, -0.15) is 0 Å². The molecule has 0 bridgehead atoms. The zero-order chi connectivity index (χ0) is 15.6. The standard InChI is InChI=1S/C15H17BrFNO3/c1-18(9-10-7-11(16)3-4-12(10)17)13(19)8-15(14(20)21)5-2-6-15/h3-4,7H,2,5-6,8-9H2,1H3,(H,20,21). The number of nitrogens with zero attached hydrogens (tertiary/aromatic N) is 1. The number of benzene rings is 1. The third-order valence-electron chi connectivity index (χ3n) is 4.09. The monoisotopic (exact) mass is 357 g/mol. The quantitative estimate of drug-likeness (QED) is 0.880. The van der Waals surface area contributed by atoms with Crippen molar-refractivity contribution >= 4 is 27.8 Å². The number of carboxylic acid groups (broad SMARTS) is 1. The van der Waals surface area contributed by atoms with E-state index in [2.05, 4.69) is 15.9 Å². The summed E-state index contributed by atoms with van der Waals surface area (Å²) in [7, 11) is 1.57. The topological polar surface area (TPSA) is 57.6 Å². The van der Waals surface area contributed by atoms with E-state index in [1.54, 1.807) is 19.2 Å². The first kappa shape index (κ1) is 15.9. The van der Waals surface area contributed by atoms with Crippen LogP contribution in [-0.4, -0.2) is 28.9 Å². The van der Waals surface area contributed by atoms with E-state index in [9.17, 15) is 19.1 Å². The average Bonchev–Trinajstić information content (AvgIpc) is 2.37. The van der Waals surface area contributed by atoms with E-state index in [4.69, 9.17) is 0 Å². The molecule has 4 nitrogen and oxygen atoms in total. The van der Waals surface area contributed by atoms with Crippen molar-refractivity contribution in [2.75, 3.05) is 7.05 Å². The van der Waals surface area contributed by atoms with Crippen LogP contribution >= 0.6 is 15.9 Å². The van der Waals surface area contributed by atoms with Crippen molar-refractivity contribution in [1.82, 2.24) is 4.90 Å². The van der Waals surface area contributed by atoms with E-state index in [0.717, 1.165) is 10.9 Å². The van der Waals surface area contributed by atoms with Crippen LogP contribution in [0.2, 0.25) is 0 Å². The van der Waals surface area contributed by atoms with Crippen molar-refractivity contribution < 1.29 is 19.1 Å². The first-order valence-electron chi connectivity index (χ1n) is 6.75. The summed E-state index contributed by atoms with van der Waals surface area (Å²) in [6.45, 7) is 0.125. The van der Waals surface area contributed by atoms with Crippen molar-refractivity contribution in [3.63, 3.8) is 0 Å². The smallest absolute Gasteiger partial charge is 0.310 e. The number of amides is 1. The van der Waals surface area contributed by atoms with Crippen LogP contribution in [0.1, 0.15) is 31.2 Å². The molecule has 1 N–H and O–H groups in total. The van der Waals surface area contributed by atoms with Gasteiger partial charge in [-0.3, -0.25) is 9.59 Å². The molecule has 0 aliphatic heterocycles. The molecule has 1 aromatic carbocycles. The number of hydrogen-bond acceptors (Lipinski definition) is 2. The molecule has 0 aromatic heterocycles. The molecule has 114 valence electrons. The Morgan fingerprint density at radius 1 is 1.43 bits per heavy atom. The molecule has 1 amide bonds. The summed E-state index contributed by atoms with van der Waals surface area (Å²) in [5, 5.41) is 9.25. The largest absolute Gasteiger partial charge is 0.481 e. The molecule has 0 heterocycles. The van der Waals surface area contributed by atoms with Crippen molar-refractivity contribution in [3.05, 3.63) is 34.1 Å². The van der Waals surface area contributed by atoms with Gasteiger partial charge < -0.3 is 10.0 Å². The van der Waals surface area contributed by atoms with E-state index in [-0.39, 0.29) is 24.7 Å². The van der Waals surface area contributed by atoms with Crippen molar-refractivity contribution in [1.29, 1.82) is 0 Å². The number of carboxylic acids is 1. The summed E-state index contributed by atoms with van der Waals surface area (Å²) in [6, 6.07) is 4.55. The van der Waals surface area contributed by atoms with Gasteiger partial charge in [-0.25, -0.2) is 4.39 Å². The second-order valence-electron chi connectivity index (χ2n) is 5.60. The van der Waals surface area contributed by atoms with Crippen LogP contribution in [0.3, 0.4) is 0 Å². The van der Waals surface area contributed by atoms with E-state index in [1.807, 2.05) is 0 Å². The summed E-state index contributed by atoms with van der Waals surface area (Å²) < 4.78 is 14.4. The Hall–Kier alpha value is -1.43. The van der Waals surface area contributed by atoms with Gasteiger partial charge in [0.25, 0.3) is 0 Å². The Balaban J connectivity index is 2.03. The highest BCUT2D eigenvalue weighted by atomic mass is 79.9. The van der Waals surface area contributed by atoms with Crippen LogP contribution in [0.15, 0.2) is 22.7 Å². The van der Waals surface area contributed by atoms with Gasteiger partial charge in [0.15, 0.2) is 0 Å². The lowest BCUT2D eigenvalue weighted by atomic mass is 9.66. The minimum Gasteiger partial charge on any atom is -0.481 e. The third kappa shape index (κ3) is 3.43. The van der Waals surface area contributed by atoms with Gasteiger partial charge >= 0.3 is 5.97 Å². The molecular weight excluding hydrogens is 341 g/mol. The Morgan fingerprint density at radius 2 is 2.10 bits per heavy atom. The number of rotatable bonds is 5. The maximum Gasteiger partial charge on any atom is 0.310 e. The van der Waals surface area contributed by atoms with Gasteiger partial charge in [0, 0.05) is 30.0 Å². The fourth-order valence-corrected chi connectivity index (χ4v) is 2.91. The Morgan fingerprint density at radius 3 is 2.62 bits per heavy atom. The van der Waals surface area contributed by atoms with Crippen LogP contribution in [0.4, 0.5) is 4.39 Å². The maximum atomic E-state index is 13.7. The van der Waals surface area contributed by atoms with Crippen LogP contribution in [0.25, 0.3) is 0 Å². The number of carbonyl (C=O) groups is 2. The molecule has 0 atom stereocenters. The molecule has 21 heavy (non-hydrogen) atoms.